The van der Waals surface area contributed by atoms with Crippen molar-refractivity contribution in [2.45, 2.75) is 45.2 Å². The Morgan fingerprint density at radius 3 is 2.37 bits per heavy atom. The maximum atomic E-state index is 12.5. The molecule has 1 aliphatic heterocycles. The summed E-state index contributed by atoms with van der Waals surface area (Å²) in [5.41, 5.74) is -0.0843. The lowest BCUT2D eigenvalue weighted by molar-refractivity contribution is 0.0930. The average Bonchev–Trinajstić information content (AvgIpc) is 3.19. The number of amides is 1. The Bertz CT molecular complexity index is 1480. The summed E-state index contributed by atoms with van der Waals surface area (Å²) in [4.78, 5) is 24.3. The van der Waals surface area contributed by atoms with Crippen LogP contribution in [0.1, 0.15) is 42.9 Å². The number of carbonyl (C=O) groups is 1. The first-order valence-electron chi connectivity index (χ1n) is 11.5. The molecule has 0 fully saturated rings. The number of carbonyl (C=O) groups excluding carboxylic acids is 1. The zero-order chi connectivity index (χ0) is 28.0. The molecule has 1 amide bonds. The van der Waals surface area contributed by atoms with Crippen molar-refractivity contribution in [3.8, 4) is 36.1 Å². The zero-order valence-corrected chi connectivity index (χ0v) is 23.7. The van der Waals surface area contributed by atoms with Crippen LogP contribution in [0.3, 0.4) is 0 Å². The van der Waals surface area contributed by atoms with Crippen LogP contribution in [0, 0.1) is 24.7 Å². The number of terminal acetylenes is 2. The van der Waals surface area contributed by atoms with Gasteiger partial charge in [0.25, 0.3) is 5.91 Å². The standard InChI is InChI=1S/C15H13Cl2N3O2.C12H11Cl2NO/c1-2-7-22-13-9-12(10(16)8-11(13)17)20-15(21)19-6-4-3-5-14(19)18-20;1-4-12(2,3)15-11(16)8-5-9(13)7-10(14)6-8/h1,8-9H,3-7H2;1,5-7H,2-3H3,(H,15,16). The van der Waals surface area contributed by atoms with Crippen LogP contribution in [-0.2, 0) is 13.0 Å². The van der Waals surface area contributed by atoms with E-state index < -0.39 is 5.54 Å². The van der Waals surface area contributed by atoms with Crippen LogP contribution in [0.25, 0.3) is 5.69 Å². The molecule has 0 saturated heterocycles. The van der Waals surface area contributed by atoms with Crippen LogP contribution >= 0.6 is 46.4 Å². The van der Waals surface area contributed by atoms with Gasteiger partial charge in [-0.25, -0.2) is 4.79 Å². The summed E-state index contributed by atoms with van der Waals surface area (Å²) >= 11 is 23.9. The highest BCUT2D eigenvalue weighted by Gasteiger charge is 2.21. The Labute approximate surface area is 241 Å². The van der Waals surface area contributed by atoms with Gasteiger partial charge >= 0.3 is 5.69 Å². The Morgan fingerprint density at radius 2 is 1.76 bits per heavy atom. The minimum atomic E-state index is -0.703. The largest absolute Gasteiger partial charge is 0.479 e. The van der Waals surface area contributed by atoms with Gasteiger partial charge in [0.1, 0.15) is 18.2 Å². The molecule has 38 heavy (non-hydrogen) atoms. The van der Waals surface area contributed by atoms with E-state index in [4.69, 9.17) is 64.0 Å². The molecule has 0 saturated carbocycles. The fourth-order valence-corrected chi connectivity index (χ4v) is 4.59. The van der Waals surface area contributed by atoms with Crippen molar-refractivity contribution in [3.63, 3.8) is 0 Å². The number of rotatable bonds is 5. The second kappa shape index (κ2) is 12.7. The Hall–Kier alpha value is -3.07. The van der Waals surface area contributed by atoms with Crippen molar-refractivity contribution >= 4 is 52.3 Å². The van der Waals surface area contributed by atoms with Crippen LogP contribution in [0.4, 0.5) is 0 Å². The molecule has 1 aromatic heterocycles. The SMILES string of the molecule is C#CC(C)(C)NC(=O)c1cc(Cl)cc(Cl)c1.C#CCOc1cc(-n2nc3n(c2=O)CCCC3)c(Cl)cc1Cl. The minimum Gasteiger partial charge on any atom is -0.479 e. The van der Waals surface area contributed by atoms with E-state index in [-0.39, 0.29) is 18.2 Å². The first-order chi connectivity index (χ1) is 18.0. The minimum absolute atomic E-state index is 0.0788. The molecule has 0 aliphatic carbocycles. The summed E-state index contributed by atoms with van der Waals surface area (Å²) in [5, 5.41) is 8.55. The number of hydrogen-bond acceptors (Lipinski definition) is 4. The van der Waals surface area contributed by atoms with Gasteiger partial charge in [-0.3, -0.25) is 9.36 Å². The predicted molar refractivity (Wildman–Crippen MR) is 152 cm³/mol. The molecule has 4 rings (SSSR count). The summed E-state index contributed by atoms with van der Waals surface area (Å²) in [6.07, 6.45) is 13.2. The number of nitrogens with zero attached hydrogens (tertiary/aromatic N) is 3. The van der Waals surface area contributed by atoms with E-state index in [9.17, 15) is 9.59 Å². The van der Waals surface area contributed by atoms with Crippen LogP contribution in [-0.4, -0.2) is 32.4 Å². The summed E-state index contributed by atoms with van der Waals surface area (Å²) in [7, 11) is 0. The van der Waals surface area contributed by atoms with E-state index >= 15 is 0 Å². The third-order valence-electron chi connectivity index (χ3n) is 5.42. The van der Waals surface area contributed by atoms with Crippen molar-refractivity contribution in [2.24, 2.45) is 0 Å². The van der Waals surface area contributed by atoms with Crippen molar-refractivity contribution < 1.29 is 9.53 Å². The predicted octanol–water partition coefficient (Wildman–Crippen LogP) is 5.82. The molecule has 0 bridgehead atoms. The number of hydrogen-bond donors (Lipinski definition) is 1. The van der Waals surface area contributed by atoms with Gasteiger partial charge in [-0.15, -0.1) is 17.9 Å². The number of aryl methyl sites for hydroxylation is 1. The zero-order valence-electron chi connectivity index (χ0n) is 20.7. The Morgan fingerprint density at radius 1 is 1.08 bits per heavy atom. The molecule has 1 aliphatic rings. The van der Waals surface area contributed by atoms with Gasteiger partial charge < -0.3 is 10.1 Å². The molecule has 0 radical (unpaired) electrons. The lowest BCUT2D eigenvalue weighted by atomic mass is 10.1. The smallest absolute Gasteiger partial charge is 0.350 e. The maximum absolute atomic E-state index is 12.5. The molecule has 2 heterocycles. The first kappa shape index (κ1) is 29.5. The van der Waals surface area contributed by atoms with Crippen LogP contribution < -0.4 is 15.7 Å². The summed E-state index contributed by atoms with van der Waals surface area (Å²) < 4.78 is 8.34. The lowest BCUT2D eigenvalue weighted by Crippen LogP contribution is -2.42. The van der Waals surface area contributed by atoms with Gasteiger partial charge in [0.15, 0.2) is 0 Å². The molecule has 11 heteroatoms. The molecular formula is C27H24Cl4N4O3. The molecule has 198 valence electrons. The quantitative estimate of drug-likeness (QED) is 0.378. The number of ether oxygens (including phenoxy) is 1. The molecule has 0 atom stereocenters. The number of nitrogens with one attached hydrogen (secondary N) is 1. The molecule has 0 unspecified atom stereocenters. The van der Waals surface area contributed by atoms with E-state index in [2.05, 4.69) is 22.3 Å². The molecular weight excluding hydrogens is 570 g/mol. The second-order valence-electron chi connectivity index (χ2n) is 8.83. The number of aromatic nitrogens is 3. The van der Waals surface area contributed by atoms with E-state index in [0.717, 1.165) is 25.1 Å². The van der Waals surface area contributed by atoms with E-state index in [0.29, 0.717) is 43.6 Å². The van der Waals surface area contributed by atoms with Gasteiger partial charge in [0.05, 0.1) is 21.3 Å². The van der Waals surface area contributed by atoms with Crippen LogP contribution in [0.2, 0.25) is 20.1 Å². The molecule has 1 N–H and O–H groups in total. The van der Waals surface area contributed by atoms with Crippen molar-refractivity contribution in [1.82, 2.24) is 19.7 Å². The van der Waals surface area contributed by atoms with Gasteiger partial charge in [-0.2, -0.15) is 4.68 Å². The molecule has 0 spiro atoms. The third-order valence-corrected chi connectivity index (χ3v) is 6.46. The highest BCUT2D eigenvalue weighted by atomic mass is 35.5. The third kappa shape index (κ3) is 7.28. The van der Waals surface area contributed by atoms with Crippen molar-refractivity contribution in [2.75, 3.05) is 6.61 Å². The Balaban J connectivity index is 0.000000223. The highest BCUT2D eigenvalue weighted by molar-refractivity contribution is 6.36. The highest BCUT2D eigenvalue weighted by Crippen LogP contribution is 2.32. The van der Waals surface area contributed by atoms with Crippen molar-refractivity contribution in [1.29, 1.82) is 0 Å². The topological polar surface area (TPSA) is 78.2 Å². The lowest BCUT2D eigenvalue weighted by Gasteiger charge is -2.19. The Kier molecular flexibility index (Phi) is 9.82. The van der Waals surface area contributed by atoms with Crippen LogP contribution in [0.5, 0.6) is 5.75 Å². The fourth-order valence-electron chi connectivity index (χ4n) is 3.54. The van der Waals surface area contributed by atoms with Crippen LogP contribution in [0.15, 0.2) is 35.1 Å². The van der Waals surface area contributed by atoms with Crippen molar-refractivity contribution in [3.05, 3.63) is 72.3 Å². The van der Waals surface area contributed by atoms with Gasteiger partial charge in [-0.05, 0) is 51.0 Å². The average molecular weight is 594 g/mol. The first-order valence-corrected chi connectivity index (χ1v) is 13.0. The van der Waals surface area contributed by atoms with E-state index in [1.165, 1.54) is 22.9 Å². The second-order valence-corrected chi connectivity index (χ2v) is 10.5. The van der Waals surface area contributed by atoms with E-state index in [1.54, 1.807) is 30.5 Å². The normalized spacial score (nSPS) is 12.3. The maximum Gasteiger partial charge on any atom is 0.350 e. The molecule has 3 aromatic rings. The monoisotopic (exact) mass is 592 g/mol. The number of benzene rings is 2. The van der Waals surface area contributed by atoms with Gasteiger partial charge in [0, 0.05) is 34.6 Å². The molecule has 2 aromatic carbocycles. The summed E-state index contributed by atoms with van der Waals surface area (Å²) in [5.74, 6) is 5.68. The summed E-state index contributed by atoms with van der Waals surface area (Å²) in [6, 6.07) is 7.74. The van der Waals surface area contributed by atoms with Gasteiger partial charge in [-0.1, -0.05) is 58.2 Å². The van der Waals surface area contributed by atoms with Gasteiger partial charge in [0.2, 0.25) is 0 Å². The fraction of sp³-hybridized carbons (Fsp3) is 0.296. The number of fused-ring (bicyclic) bond motifs is 1. The number of halogens is 4. The molecule has 7 nitrogen and oxygen atoms in total. The van der Waals surface area contributed by atoms with E-state index in [1.807, 2.05) is 0 Å². The summed E-state index contributed by atoms with van der Waals surface area (Å²) in [6.45, 7) is 4.23.